The van der Waals surface area contributed by atoms with E-state index in [0.717, 1.165) is 5.56 Å². The molecule has 7 nitrogen and oxygen atoms in total. The number of hydrogen-bond donors (Lipinski definition) is 1. The molecule has 0 bridgehead atoms. The Hall–Kier alpha value is -3.78. The number of nitrogens with zero attached hydrogens (tertiary/aromatic N) is 1. The largest absolute Gasteiger partial charge is 0.414 e. The molecule has 3 aromatic rings. The van der Waals surface area contributed by atoms with Crippen LogP contribution in [-0.2, 0) is 20.8 Å². The highest BCUT2D eigenvalue weighted by molar-refractivity contribution is 7.11. The second-order valence-corrected chi connectivity index (χ2v) is 9.56. The topological polar surface area (TPSA) is 92.8 Å². The van der Waals surface area contributed by atoms with Gasteiger partial charge in [0.1, 0.15) is 6.04 Å². The molecule has 0 radical (unpaired) electrons. The number of benzene rings is 2. The van der Waals surface area contributed by atoms with Crippen LogP contribution in [0, 0.1) is 0 Å². The minimum Gasteiger partial charge on any atom is -0.414 e. The number of amides is 2. The number of ether oxygens (including phenoxy) is 1. The van der Waals surface area contributed by atoms with Gasteiger partial charge in [-0.1, -0.05) is 48.5 Å². The van der Waals surface area contributed by atoms with Gasteiger partial charge in [-0.15, -0.1) is 11.3 Å². The molecule has 2 aromatic carbocycles. The van der Waals surface area contributed by atoms with E-state index in [2.05, 4.69) is 5.32 Å². The monoisotopic (exact) mass is 504 g/mol. The number of likely N-dealkylation sites (tertiary alicyclic amines) is 1. The van der Waals surface area contributed by atoms with Crippen LogP contribution >= 0.6 is 11.3 Å². The van der Waals surface area contributed by atoms with Gasteiger partial charge in [0.25, 0.3) is 5.91 Å². The number of hydrogen-bond acceptors (Lipinski definition) is 6. The van der Waals surface area contributed by atoms with E-state index >= 15 is 0 Å². The molecule has 1 fully saturated rings. The zero-order valence-electron chi connectivity index (χ0n) is 19.8. The molecular weight excluding hydrogens is 476 g/mol. The molecule has 1 aliphatic rings. The van der Waals surface area contributed by atoms with E-state index in [1.54, 1.807) is 36.4 Å². The summed E-state index contributed by atoms with van der Waals surface area (Å²) in [5.74, 6) is -1.28. The van der Waals surface area contributed by atoms with Crippen molar-refractivity contribution in [2.75, 3.05) is 6.54 Å². The Morgan fingerprint density at radius 1 is 0.944 bits per heavy atom. The summed E-state index contributed by atoms with van der Waals surface area (Å²) in [4.78, 5) is 53.0. The second-order valence-electron chi connectivity index (χ2n) is 8.65. The highest BCUT2D eigenvalue weighted by atomic mass is 32.1. The van der Waals surface area contributed by atoms with Gasteiger partial charge in [-0.3, -0.25) is 14.4 Å². The maximum atomic E-state index is 13.2. The predicted octanol–water partition coefficient (Wildman–Crippen LogP) is 4.04. The van der Waals surface area contributed by atoms with Crippen molar-refractivity contribution >= 4 is 34.9 Å². The first-order valence-electron chi connectivity index (χ1n) is 12.0. The van der Waals surface area contributed by atoms with Gasteiger partial charge >= 0.3 is 5.97 Å². The Balaban J connectivity index is 1.38. The molecule has 1 aromatic heterocycles. The van der Waals surface area contributed by atoms with E-state index in [4.69, 9.17) is 4.74 Å². The van der Waals surface area contributed by atoms with E-state index in [-0.39, 0.29) is 30.4 Å². The minimum atomic E-state index is -0.772. The number of nitrogens with one attached hydrogen (secondary N) is 1. The zero-order chi connectivity index (χ0) is 25.3. The molecule has 1 saturated heterocycles. The number of carbonyl (C=O) groups is 4. The van der Waals surface area contributed by atoms with Gasteiger partial charge in [0.2, 0.25) is 5.91 Å². The lowest BCUT2D eigenvalue weighted by Crippen LogP contribution is -2.44. The summed E-state index contributed by atoms with van der Waals surface area (Å²) in [5.41, 5.74) is 1.37. The van der Waals surface area contributed by atoms with Crippen LogP contribution in [0.15, 0.2) is 78.2 Å². The summed E-state index contributed by atoms with van der Waals surface area (Å²) in [6, 6.07) is 20.2. The summed E-state index contributed by atoms with van der Waals surface area (Å²) < 4.78 is 5.41. The van der Waals surface area contributed by atoms with E-state index < -0.39 is 18.1 Å². The van der Waals surface area contributed by atoms with Crippen LogP contribution < -0.4 is 10.1 Å². The van der Waals surface area contributed by atoms with Gasteiger partial charge in [0, 0.05) is 24.9 Å². The van der Waals surface area contributed by atoms with Crippen LogP contribution in [0.25, 0.3) is 0 Å². The highest BCUT2D eigenvalue weighted by Gasteiger charge is 2.36. The maximum Gasteiger partial charge on any atom is 0.335 e. The third kappa shape index (κ3) is 6.66. The SMILES string of the molecule is O=C(NC(Cc1ccccc1)C(=O)CCC(=O)N1CCC[C@H]1C(=O)Oc1cccs1)c1ccccc1. The van der Waals surface area contributed by atoms with E-state index in [1.165, 1.54) is 16.2 Å². The van der Waals surface area contributed by atoms with Crippen molar-refractivity contribution in [2.24, 2.45) is 0 Å². The number of Topliss-reactive ketones (excluding diaryl/α,β-unsaturated/α-hetero) is 1. The van der Waals surface area contributed by atoms with Crippen LogP contribution in [0.3, 0.4) is 0 Å². The van der Waals surface area contributed by atoms with Crippen LogP contribution in [0.5, 0.6) is 5.06 Å². The summed E-state index contributed by atoms with van der Waals surface area (Å²) in [7, 11) is 0. The lowest BCUT2D eigenvalue weighted by molar-refractivity contribution is -0.146. The highest BCUT2D eigenvalue weighted by Crippen LogP contribution is 2.24. The molecule has 2 atom stereocenters. The molecule has 1 N–H and O–H groups in total. The first-order chi connectivity index (χ1) is 17.5. The Bertz CT molecular complexity index is 1180. The van der Waals surface area contributed by atoms with Crippen LogP contribution in [0.2, 0.25) is 0 Å². The van der Waals surface area contributed by atoms with Gasteiger partial charge in [-0.05, 0) is 54.5 Å². The fraction of sp³-hybridized carbons (Fsp3) is 0.286. The number of esters is 1. The molecule has 1 unspecified atom stereocenters. The number of rotatable bonds is 10. The van der Waals surface area contributed by atoms with Crippen molar-refractivity contribution < 1.29 is 23.9 Å². The zero-order valence-corrected chi connectivity index (χ0v) is 20.6. The van der Waals surface area contributed by atoms with Crippen LogP contribution in [-0.4, -0.2) is 47.1 Å². The Morgan fingerprint density at radius 2 is 1.67 bits per heavy atom. The smallest absolute Gasteiger partial charge is 0.335 e. The van der Waals surface area contributed by atoms with Crippen molar-refractivity contribution in [1.82, 2.24) is 10.2 Å². The summed E-state index contributed by atoms with van der Waals surface area (Å²) in [6.07, 6.45) is 1.50. The maximum absolute atomic E-state index is 13.2. The van der Waals surface area contributed by atoms with Crippen LogP contribution in [0.4, 0.5) is 0 Å². The molecule has 36 heavy (non-hydrogen) atoms. The summed E-state index contributed by atoms with van der Waals surface area (Å²) in [5, 5.41) is 5.15. The summed E-state index contributed by atoms with van der Waals surface area (Å²) >= 11 is 1.32. The first kappa shape index (κ1) is 25.3. The minimum absolute atomic E-state index is 0.0331. The van der Waals surface area contributed by atoms with Gasteiger partial charge < -0.3 is 15.0 Å². The van der Waals surface area contributed by atoms with E-state index in [1.807, 2.05) is 41.8 Å². The van der Waals surface area contributed by atoms with Gasteiger partial charge in [-0.25, -0.2) is 4.79 Å². The predicted molar refractivity (Wildman–Crippen MR) is 137 cm³/mol. The molecular formula is C28H28N2O5S. The fourth-order valence-corrected chi connectivity index (χ4v) is 4.85. The Morgan fingerprint density at radius 3 is 2.36 bits per heavy atom. The van der Waals surface area contributed by atoms with Crippen molar-refractivity contribution in [3.8, 4) is 5.06 Å². The number of thiophene rings is 1. The van der Waals surface area contributed by atoms with Crippen LogP contribution in [0.1, 0.15) is 41.6 Å². The second kappa shape index (κ2) is 12.3. The normalized spacial score (nSPS) is 15.8. The summed E-state index contributed by atoms with van der Waals surface area (Å²) in [6.45, 7) is 0.454. The quantitative estimate of drug-likeness (QED) is 0.421. The first-order valence-corrected chi connectivity index (χ1v) is 12.9. The number of carbonyl (C=O) groups excluding carboxylic acids is 4. The molecule has 0 spiro atoms. The third-order valence-corrected chi connectivity index (χ3v) is 6.88. The standard InChI is InChI=1S/C28H28N2O5S/c31-24(15-16-25(32)30-17-7-13-23(30)28(34)35-26-14-8-18-36-26)22(19-20-9-3-1-4-10-20)29-27(33)21-11-5-2-6-12-21/h1-6,8-12,14,18,22-23H,7,13,15-17,19H2,(H,29,33)/t22?,23-/m0/s1. The molecule has 2 amide bonds. The van der Waals surface area contributed by atoms with Crippen molar-refractivity contribution in [3.63, 3.8) is 0 Å². The fourth-order valence-electron chi connectivity index (χ4n) is 4.27. The third-order valence-electron chi connectivity index (χ3n) is 6.14. The van der Waals surface area contributed by atoms with Crippen molar-refractivity contribution in [3.05, 3.63) is 89.3 Å². The average Bonchev–Trinajstić information content (AvgIpc) is 3.60. The number of ketones is 1. The molecule has 8 heteroatoms. The Labute approximate surface area is 214 Å². The molecule has 0 saturated carbocycles. The molecule has 1 aliphatic heterocycles. The van der Waals surface area contributed by atoms with Gasteiger partial charge in [-0.2, -0.15) is 0 Å². The average molecular weight is 505 g/mol. The molecule has 4 rings (SSSR count). The molecule has 2 heterocycles. The van der Waals surface area contributed by atoms with E-state index in [9.17, 15) is 19.2 Å². The van der Waals surface area contributed by atoms with E-state index in [0.29, 0.717) is 36.4 Å². The van der Waals surface area contributed by atoms with Crippen molar-refractivity contribution in [2.45, 2.75) is 44.2 Å². The lowest BCUT2D eigenvalue weighted by atomic mass is 9.98. The molecule has 0 aliphatic carbocycles. The van der Waals surface area contributed by atoms with Gasteiger partial charge in [0.15, 0.2) is 10.8 Å². The van der Waals surface area contributed by atoms with Gasteiger partial charge in [0.05, 0.1) is 6.04 Å². The Kier molecular flexibility index (Phi) is 8.62. The van der Waals surface area contributed by atoms with Crippen molar-refractivity contribution in [1.29, 1.82) is 0 Å². The lowest BCUT2D eigenvalue weighted by Gasteiger charge is -2.23. The molecule has 186 valence electrons.